The molecule has 0 aromatic carbocycles. The molecule has 0 atom stereocenters. The first-order valence-corrected chi connectivity index (χ1v) is 3.91. The van der Waals surface area contributed by atoms with E-state index in [1.54, 1.807) is 0 Å². The third-order valence-corrected chi connectivity index (χ3v) is 1.72. The molecule has 5 heteroatoms. The minimum absolute atomic E-state index is 0.207. The maximum atomic E-state index is 12.1. The second-order valence-corrected chi connectivity index (χ2v) is 3.36. The van der Waals surface area contributed by atoms with Crippen LogP contribution in [0.4, 0.5) is 13.6 Å². The highest BCUT2D eigenvalue weighted by molar-refractivity contribution is 14.1. The van der Waals surface area contributed by atoms with Gasteiger partial charge in [0.15, 0.2) is 0 Å². The highest BCUT2D eigenvalue weighted by Gasteiger charge is 2.45. The van der Waals surface area contributed by atoms with Gasteiger partial charge in [0.05, 0.1) is 0 Å². The summed E-state index contributed by atoms with van der Waals surface area (Å²) in [5, 5.41) is 2.40. The van der Waals surface area contributed by atoms with Gasteiger partial charge >= 0.3 is 0 Å². The molecule has 1 aliphatic carbocycles. The van der Waals surface area contributed by atoms with Crippen molar-refractivity contribution < 1.29 is 13.6 Å². The summed E-state index contributed by atoms with van der Waals surface area (Å²) >= 11 is 1.53. The summed E-state index contributed by atoms with van der Waals surface area (Å²) in [7, 11) is 0. The fourth-order valence-electron chi connectivity index (χ4n) is 0.924. The summed E-state index contributed by atoms with van der Waals surface area (Å²) in [5.74, 6) is -2.54. The van der Waals surface area contributed by atoms with Crippen LogP contribution in [0.2, 0.25) is 0 Å². The lowest BCUT2D eigenvalue weighted by atomic mass is 9.88. The van der Waals surface area contributed by atoms with Crippen LogP contribution in [0.15, 0.2) is 0 Å². The molecule has 1 N–H and O–H groups in total. The highest BCUT2D eigenvalue weighted by Crippen LogP contribution is 2.37. The van der Waals surface area contributed by atoms with Crippen LogP contribution >= 0.6 is 22.6 Å². The van der Waals surface area contributed by atoms with E-state index in [4.69, 9.17) is 0 Å². The van der Waals surface area contributed by atoms with Crippen LogP contribution in [-0.2, 0) is 0 Å². The maximum absolute atomic E-state index is 12.1. The molecule has 0 unspecified atom stereocenters. The van der Waals surface area contributed by atoms with E-state index in [-0.39, 0.29) is 22.8 Å². The number of rotatable bonds is 1. The zero-order valence-corrected chi connectivity index (χ0v) is 7.19. The van der Waals surface area contributed by atoms with Crippen molar-refractivity contribution in [2.45, 2.75) is 24.8 Å². The van der Waals surface area contributed by atoms with E-state index < -0.39 is 5.92 Å². The Bertz CT molecular complexity index is 154. The van der Waals surface area contributed by atoms with Gasteiger partial charge in [0.2, 0.25) is 0 Å². The Morgan fingerprint density at radius 3 is 2.40 bits per heavy atom. The van der Waals surface area contributed by atoms with Crippen molar-refractivity contribution in [1.82, 2.24) is 5.32 Å². The van der Waals surface area contributed by atoms with Crippen LogP contribution in [0.1, 0.15) is 12.8 Å². The third-order valence-electron chi connectivity index (χ3n) is 1.41. The highest BCUT2D eigenvalue weighted by atomic mass is 127. The van der Waals surface area contributed by atoms with E-state index in [0.29, 0.717) is 0 Å². The number of alkyl halides is 2. The van der Waals surface area contributed by atoms with Crippen LogP contribution in [0.3, 0.4) is 0 Å². The monoisotopic (exact) mass is 261 g/mol. The lowest BCUT2D eigenvalue weighted by molar-refractivity contribution is -0.0890. The summed E-state index contributed by atoms with van der Waals surface area (Å²) in [6.45, 7) is 0. The van der Waals surface area contributed by atoms with Gasteiger partial charge in [-0.25, -0.2) is 8.78 Å². The largest absolute Gasteiger partial charge is 0.344 e. The van der Waals surface area contributed by atoms with Crippen molar-refractivity contribution in [2.75, 3.05) is 0 Å². The topological polar surface area (TPSA) is 29.1 Å². The van der Waals surface area contributed by atoms with Gasteiger partial charge < -0.3 is 5.32 Å². The summed E-state index contributed by atoms with van der Waals surface area (Å²) in [4.78, 5) is 10.3. The van der Waals surface area contributed by atoms with E-state index in [9.17, 15) is 13.6 Å². The van der Waals surface area contributed by atoms with Crippen molar-refractivity contribution in [3.05, 3.63) is 0 Å². The predicted molar refractivity (Wildman–Crippen MR) is 40.5 cm³/mol. The van der Waals surface area contributed by atoms with E-state index in [1.165, 1.54) is 22.6 Å². The van der Waals surface area contributed by atoms with Gasteiger partial charge in [-0.05, 0) is 0 Å². The van der Waals surface area contributed by atoms with Gasteiger partial charge in [-0.15, -0.1) is 0 Å². The van der Waals surface area contributed by atoms with Crippen LogP contribution in [0.5, 0.6) is 0 Å². The number of carbonyl (C=O) groups is 1. The molecular formula is C5H6F2INO. The zero-order valence-electron chi connectivity index (χ0n) is 5.03. The normalized spacial score (nSPS) is 23.5. The van der Waals surface area contributed by atoms with Gasteiger partial charge in [0.1, 0.15) is 0 Å². The number of amides is 1. The summed E-state index contributed by atoms with van der Waals surface area (Å²) in [6, 6.07) is -0.306. The van der Waals surface area contributed by atoms with Gasteiger partial charge in [-0.3, -0.25) is 4.79 Å². The molecule has 0 heterocycles. The first-order valence-electron chi connectivity index (χ1n) is 2.83. The molecule has 0 saturated heterocycles. The average molecular weight is 261 g/mol. The molecule has 1 fully saturated rings. The molecule has 1 saturated carbocycles. The van der Waals surface area contributed by atoms with Crippen molar-refractivity contribution >= 4 is 26.5 Å². The molecule has 0 aromatic rings. The molecule has 58 valence electrons. The Balaban J connectivity index is 2.21. The summed E-state index contributed by atoms with van der Waals surface area (Å²) in [5.41, 5.74) is 0. The van der Waals surface area contributed by atoms with Crippen LogP contribution in [-0.4, -0.2) is 15.9 Å². The Morgan fingerprint density at radius 1 is 1.60 bits per heavy atom. The lowest BCUT2D eigenvalue weighted by Gasteiger charge is -2.34. The molecule has 1 amide bonds. The van der Waals surface area contributed by atoms with Gasteiger partial charge in [-0.1, -0.05) is 0 Å². The number of nitrogens with one attached hydrogen (secondary N) is 1. The second kappa shape index (κ2) is 2.60. The predicted octanol–water partition coefficient (Wildman–Crippen LogP) is 1.93. The third kappa shape index (κ3) is 2.03. The first-order chi connectivity index (χ1) is 4.49. The summed E-state index contributed by atoms with van der Waals surface area (Å²) < 4.78 is 23.9. The number of hydrogen-bond donors (Lipinski definition) is 1. The van der Waals surface area contributed by atoms with Crippen molar-refractivity contribution in [3.63, 3.8) is 0 Å². The summed E-state index contributed by atoms with van der Waals surface area (Å²) in [6.07, 6.45) is -0.413. The Hall–Kier alpha value is 0.0600. The molecular weight excluding hydrogens is 255 g/mol. The average Bonchev–Trinajstić information content (AvgIpc) is 1.57. The Kier molecular flexibility index (Phi) is 2.12. The zero-order chi connectivity index (χ0) is 7.78. The molecule has 0 radical (unpaired) electrons. The van der Waals surface area contributed by atoms with E-state index in [2.05, 4.69) is 5.32 Å². The van der Waals surface area contributed by atoms with E-state index in [0.717, 1.165) is 0 Å². The molecule has 0 spiro atoms. The van der Waals surface area contributed by atoms with Crippen LogP contribution < -0.4 is 5.32 Å². The number of halogens is 3. The van der Waals surface area contributed by atoms with E-state index >= 15 is 0 Å². The van der Waals surface area contributed by atoms with Gasteiger partial charge in [0, 0.05) is 41.5 Å². The maximum Gasteiger partial charge on any atom is 0.280 e. The molecule has 1 aliphatic rings. The molecule has 0 bridgehead atoms. The SMILES string of the molecule is O=C(I)NC1CC(F)(F)C1. The molecule has 0 aliphatic heterocycles. The smallest absolute Gasteiger partial charge is 0.280 e. The van der Waals surface area contributed by atoms with Crippen molar-refractivity contribution in [2.24, 2.45) is 0 Å². The molecule has 1 rings (SSSR count). The van der Waals surface area contributed by atoms with E-state index in [1.807, 2.05) is 0 Å². The molecule has 2 nitrogen and oxygen atoms in total. The minimum atomic E-state index is -2.54. The Morgan fingerprint density at radius 2 is 2.10 bits per heavy atom. The fraction of sp³-hybridized carbons (Fsp3) is 0.800. The molecule has 10 heavy (non-hydrogen) atoms. The lowest BCUT2D eigenvalue weighted by Crippen LogP contribution is -2.49. The molecule has 0 aromatic heterocycles. The Labute approximate surface area is 70.5 Å². The standard InChI is InChI=1S/C5H6F2INO/c6-5(7)1-3(2-5)9-4(8)10/h3H,1-2H2,(H,9,10). The van der Waals surface area contributed by atoms with Gasteiger partial charge in [0.25, 0.3) is 9.84 Å². The second-order valence-electron chi connectivity index (χ2n) is 2.38. The fourth-order valence-corrected chi connectivity index (χ4v) is 1.36. The van der Waals surface area contributed by atoms with Gasteiger partial charge in [-0.2, -0.15) is 0 Å². The number of hydrogen-bond acceptors (Lipinski definition) is 1. The van der Waals surface area contributed by atoms with Crippen molar-refractivity contribution in [1.29, 1.82) is 0 Å². The van der Waals surface area contributed by atoms with Crippen molar-refractivity contribution in [3.8, 4) is 0 Å². The van der Waals surface area contributed by atoms with Crippen LogP contribution in [0, 0.1) is 0 Å². The number of carbonyl (C=O) groups excluding carboxylic acids is 1. The van der Waals surface area contributed by atoms with Crippen LogP contribution in [0.25, 0.3) is 0 Å². The quantitative estimate of drug-likeness (QED) is 0.436. The first kappa shape index (κ1) is 8.16. The minimum Gasteiger partial charge on any atom is -0.344 e.